The van der Waals surface area contributed by atoms with Crippen LogP contribution in [0.3, 0.4) is 0 Å². The first kappa shape index (κ1) is 14.2. The average molecular weight is 317 g/mol. The standard InChI is InChI=1S/C16H19ClN5/c17-12-6-4-11(5-7-12)15-16(20-21-19-15)14-3-1-2-13-10-18-8-9-22(13)14/h4-7,13-14H,1-3,8-10H2,(H,19,20,21)/t13-,14+/m0/s1. The van der Waals surface area contributed by atoms with Gasteiger partial charge in [-0.15, -0.1) is 5.10 Å². The summed E-state index contributed by atoms with van der Waals surface area (Å²) in [7, 11) is 0. The predicted octanol–water partition coefficient (Wildman–Crippen LogP) is 2.64. The lowest BCUT2D eigenvalue weighted by Crippen LogP contribution is -2.52. The molecule has 6 heteroatoms. The van der Waals surface area contributed by atoms with Gasteiger partial charge in [-0.2, -0.15) is 0 Å². The van der Waals surface area contributed by atoms with E-state index < -0.39 is 0 Å². The molecule has 2 atom stereocenters. The molecule has 0 bridgehead atoms. The van der Waals surface area contributed by atoms with E-state index in [0.717, 1.165) is 48.0 Å². The number of nitrogens with one attached hydrogen (secondary N) is 1. The zero-order valence-corrected chi connectivity index (χ0v) is 13.1. The fourth-order valence-electron chi connectivity index (χ4n) is 3.69. The Balaban J connectivity index is 1.68. The van der Waals surface area contributed by atoms with Crippen molar-refractivity contribution in [3.05, 3.63) is 35.0 Å². The fraction of sp³-hybridized carbons (Fsp3) is 0.500. The molecule has 22 heavy (non-hydrogen) atoms. The third kappa shape index (κ3) is 2.53. The van der Waals surface area contributed by atoms with Crippen LogP contribution in [0.1, 0.15) is 31.0 Å². The Hall–Kier alpha value is -1.43. The Kier molecular flexibility index (Phi) is 3.86. The Bertz CT molecular complexity index is 636. The van der Waals surface area contributed by atoms with E-state index in [1.807, 2.05) is 24.3 Å². The lowest BCUT2D eigenvalue weighted by atomic mass is 9.90. The SMILES string of the molecule is Clc1ccc(-c2[nH]nnc2[C@H]2CCC[C@H]3C[N]CCN32)cc1. The summed E-state index contributed by atoms with van der Waals surface area (Å²) >= 11 is 5.99. The number of piperidine rings is 1. The maximum atomic E-state index is 5.99. The predicted molar refractivity (Wildman–Crippen MR) is 85.8 cm³/mol. The highest BCUT2D eigenvalue weighted by Gasteiger charge is 2.36. The van der Waals surface area contributed by atoms with E-state index in [9.17, 15) is 0 Å². The molecular weight excluding hydrogens is 298 g/mol. The van der Waals surface area contributed by atoms with Crippen LogP contribution in [0.2, 0.25) is 5.02 Å². The molecule has 4 rings (SSSR count). The number of nitrogens with zero attached hydrogens (tertiary/aromatic N) is 4. The summed E-state index contributed by atoms with van der Waals surface area (Å²) in [6.45, 7) is 2.92. The van der Waals surface area contributed by atoms with E-state index in [1.165, 1.54) is 12.8 Å². The average Bonchev–Trinajstić information content (AvgIpc) is 3.04. The Labute approximate surface area is 135 Å². The van der Waals surface area contributed by atoms with Crippen molar-refractivity contribution < 1.29 is 0 Å². The van der Waals surface area contributed by atoms with E-state index in [2.05, 4.69) is 25.6 Å². The summed E-state index contributed by atoms with van der Waals surface area (Å²) in [4.78, 5) is 2.58. The van der Waals surface area contributed by atoms with E-state index in [1.54, 1.807) is 0 Å². The fourth-order valence-corrected chi connectivity index (χ4v) is 3.81. The molecular formula is C16H19ClN5. The van der Waals surface area contributed by atoms with E-state index >= 15 is 0 Å². The van der Waals surface area contributed by atoms with Gasteiger partial charge in [0, 0.05) is 36.3 Å². The van der Waals surface area contributed by atoms with E-state index in [-0.39, 0.29) is 0 Å². The molecule has 1 aromatic carbocycles. The first-order valence-corrected chi connectivity index (χ1v) is 8.26. The van der Waals surface area contributed by atoms with Crippen molar-refractivity contribution in [1.82, 2.24) is 25.6 Å². The number of benzene rings is 1. The van der Waals surface area contributed by atoms with Gasteiger partial charge in [-0.1, -0.05) is 28.9 Å². The Morgan fingerprint density at radius 1 is 1.18 bits per heavy atom. The van der Waals surface area contributed by atoms with Crippen LogP contribution in [-0.4, -0.2) is 46.0 Å². The normalized spacial score (nSPS) is 25.9. The number of aromatic amines is 1. The molecule has 3 heterocycles. The lowest BCUT2D eigenvalue weighted by molar-refractivity contribution is 0.0586. The molecule has 2 aliphatic heterocycles. The van der Waals surface area contributed by atoms with Crippen molar-refractivity contribution in [3.63, 3.8) is 0 Å². The highest BCUT2D eigenvalue weighted by Crippen LogP contribution is 2.37. The zero-order valence-electron chi connectivity index (χ0n) is 12.4. The lowest BCUT2D eigenvalue weighted by Gasteiger charge is -2.44. The third-order valence-corrected chi connectivity index (χ3v) is 5.02. The van der Waals surface area contributed by atoms with Crippen molar-refractivity contribution in [3.8, 4) is 11.3 Å². The number of piperazine rings is 1. The number of halogens is 1. The Morgan fingerprint density at radius 2 is 2.05 bits per heavy atom. The molecule has 0 spiro atoms. The molecule has 5 nitrogen and oxygen atoms in total. The minimum atomic E-state index is 0.346. The van der Waals surface area contributed by atoms with Gasteiger partial charge in [0.2, 0.25) is 0 Å². The summed E-state index contributed by atoms with van der Waals surface area (Å²) in [5.41, 5.74) is 3.17. The number of H-pyrrole nitrogens is 1. The zero-order chi connectivity index (χ0) is 14.9. The highest BCUT2D eigenvalue weighted by molar-refractivity contribution is 6.30. The minimum absolute atomic E-state index is 0.346. The second-order valence-electron chi connectivity index (χ2n) is 6.05. The summed E-state index contributed by atoms with van der Waals surface area (Å²) in [5, 5.41) is 16.9. The van der Waals surface area contributed by atoms with Gasteiger partial charge < -0.3 is 0 Å². The van der Waals surface area contributed by atoms with Gasteiger partial charge in [-0.25, -0.2) is 5.32 Å². The molecule has 0 aliphatic carbocycles. The van der Waals surface area contributed by atoms with Crippen molar-refractivity contribution >= 4 is 11.6 Å². The molecule has 2 aliphatic rings. The summed E-state index contributed by atoms with van der Waals surface area (Å²) in [5.74, 6) is 0. The van der Waals surface area contributed by atoms with Crippen LogP contribution in [0.4, 0.5) is 0 Å². The van der Waals surface area contributed by atoms with Gasteiger partial charge >= 0.3 is 0 Å². The second-order valence-corrected chi connectivity index (χ2v) is 6.48. The molecule has 1 N–H and O–H groups in total. The van der Waals surface area contributed by atoms with Crippen molar-refractivity contribution in [2.24, 2.45) is 0 Å². The molecule has 0 unspecified atom stereocenters. The number of hydrogen-bond acceptors (Lipinski definition) is 3. The molecule has 2 saturated heterocycles. The molecule has 0 amide bonds. The number of hydrogen-bond donors (Lipinski definition) is 1. The summed E-state index contributed by atoms with van der Waals surface area (Å²) < 4.78 is 0. The first-order valence-electron chi connectivity index (χ1n) is 7.89. The van der Waals surface area contributed by atoms with Crippen LogP contribution in [0, 0.1) is 0 Å². The summed E-state index contributed by atoms with van der Waals surface area (Å²) in [6, 6.07) is 8.77. The maximum Gasteiger partial charge on any atom is 0.108 e. The monoisotopic (exact) mass is 316 g/mol. The van der Waals surface area contributed by atoms with Gasteiger partial charge in [-0.3, -0.25) is 10.00 Å². The maximum absolute atomic E-state index is 5.99. The van der Waals surface area contributed by atoms with Crippen molar-refractivity contribution in [2.45, 2.75) is 31.3 Å². The van der Waals surface area contributed by atoms with Crippen LogP contribution < -0.4 is 5.32 Å². The largest absolute Gasteiger partial charge is 0.289 e. The molecule has 2 aromatic rings. The molecule has 2 fully saturated rings. The third-order valence-electron chi connectivity index (χ3n) is 4.76. The van der Waals surface area contributed by atoms with E-state index in [4.69, 9.17) is 11.6 Å². The van der Waals surface area contributed by atoms with Crippen LogP contribution in [-0.2, 0) is 0 Å². The highest BCUT2D eigenvalue weighted by atomic mass is 35.5. The topological polar surface area (TPSA) is 58.9 Å². The quantitative estimate of drug-likeness (QED) is 0.926. The van der Waals surface area contributed by atoms with Gasteiger partial charge in [0.05, 0.1) is 11.7 Å². The Morgan fingerprint density at radius 3 is 2.91 bits per heavy atom. The molecule has 1 radical (unpaired) electrons. The van der Waals surface area contributed by atoms with Crippen LogP contribution in [0.5, 0.6) is 0 Å². The molecule has 1 aromatic heterocycles. The van der Waals surface area contributed by atoms with Crippen LogP contribution >= 0.6 is 11.6 Å². The number of rotatable bonds is 2. The number of fused-ring (bicyclic) bond motifs is 1. The first-order chi connectivity index (χ1) is 10.8. The van der Waals surface area contributed by atoms with Crippen LogP contribution in [0.15, 0.2) is 24.3 Å². The minimum Gasteiger partial charge on any atom is -0.289 e. The molecule has 115 valence electrons. The number of aromatic nitrogens is 3. The van der Waals surface area contributed by atoms with Gasteiger partial charge in [-0.05, 0) is 31.4 Å². The smallest absolute Gasteiger partial charge is 0.108 e. The van der Waals surface area contributed by atoms with Crippen molar-refractivity contribution in [1.29, 1.82) is 0 Å². The van der Waals surface area contributed by atoms with Crippen LogP contribution in [0.25, 0.3) is 11.3 Å². The van der Waals surface area contributed by atoms with Crippen molar-refractivity contribution in [2.75, 3.05) is 19.6 Å². The van der Waals surface area contributed by atoms with E-state index in [0.29, 0.717) is 12.1 Å². The second kappa shape index (κ2) is 5.99. The van der Waals surface area contributed by atoms with Gasteiger partial charge in [0.25, 0.3) is 0 Å². The van der Waals surface area contributed by atoms with Gasteiger partial charge in [0.1, 0.15) is 5.69 Å². The van der Waals surface area contributed by atoms with Gasteiger partial charge in [0.15, 0.2) is 0 Å². The molecule has 0 saturated carbocycles. The summed E-state index contributed by atoms with van der Waals surface area (Å²) in [6.07, 6.45) is 3.62.